The van der Waals surface area contributed by atoms with Crippen LogP contribution in [-0.4, -0.2) is 76.8 Å². The topological polar surface area (TPSA) is 75.1 Å². The molecule has 0 spiro atoms. The predicted octanol–water partition coefficient (Wildman–Crippen LogP) is 5.47. The Bertz CT molecular complexity index is 1450. The highest BCUT2D eigenvalue weighted by molar-refractivity contribution is 6.01. The number of hydrogen-bond donors (Lipinski definition) is 2. The van der Waals surface area contributed by atoms with Crippen molar-refractivity contribution < 1.29 is 35.5 Å². The van der Waals surface area contributed by atoms with Crippen molar-refractivity contribution in [3.63, 3.8) is 0 Å². The van der Waals surface area contributed by atoms with Crippen LogP contribution < -0.4 is 10.6 Å². The number of alkyl halides is 7. The molecular weight excluding hydrogens is 557 g/mol. The van der Waals surface area contributed by atoms with E-state index in [0.29, 0.717) is 28.7 Å². The highest BCUT2D eigenvalue weighted by Crippen LogP contribution is 2.37. The van der Waals surface area contributed by atoms with Gasteiger partial charge < -0.3 is 15.5 Å². The van der Waals surface area contributed by atoms with E-state index >= 15 is 0 Å². The van der Waals surface area contributed by atoms with E-state index < -0.39 is 42.6 Å². The number of allylic oxidation sites excluding steroid dienone is 1. The highest BCUT2D eigenvalue weighted by atomic mass is 19.4. The summed E-state index contributed by atoms with van der Waals surface area (Å²) >= 11 is 0. The normalized spacial score (nSPS) is 18.6. The van der Waals surface area contributed by atoms with Crippen molar-refractivity contribution in [1.82, 2.24) is 25.0 Å². The van der Waals surface area contributed by atoms with E-state index in [9.17, 15) is 35.5 Å². The van der Waals surface area contributed by atoms with Crippen LogP contribution in [0.15, 0.2) is 49.3 Å². The monoisotopic (exact) mass is 584 g/mol. The van der Waals surface area contributed by atoms with Crippen LogP contribution in [0.4, 0.5) is 36.4 Å². The molecule has 1 aliphatic rings. The second-order valence-electron chi connectivity index (χ2n) is 9.74. The standard InChI is InChI=1S/C27H27F7N6O/c1-16(27(32,33)34)24-19-6-3-7-22(38-23-8-10-39(2)14-21(23)28)20(19)11-18(37-24)5-4-9-35-25(41)17-12-36-40(13-17)15-26(29,30)31/h3-7,11-13,21,23,38H,1,8-10,14-15H2,2H3,(H,35,41)/b5-4+/t21-,23+/m0/s1. The van der Waals surface area contributed by atoms with E-state index in [2.05, 4.69) is 27.3 Å². The van der Waals surface area contributed by atoms with Crippen molar-refractivity contribution in [2.45, 2.75) is 37.5 Å². The smallest absolute Gasteiger partial charge is 0.379 e. The third-order valence-corrected chi connectivity index (χ3v) is 6.51. The Morgan fingerprint density at radius 3 is 2.63 bits per heavy atom. The Morgan fingerprint density at radius 1 is 1.20 bits per heavy atom. The van der Waals surface area contributed by atoms with E-state index in [1.807, 2.05) is 11.9 Å². The molecule has 0 bridgehead atoms. The Balaban J connectivity index is 1.57. The Labute approximate surface area is 230 Å². The molecule has 3 heterocycles. The van der Waals surface area contributed by atoms with Gasteiger partial charge in [-0.15, -0.1) is 0 Å². The Morgan fingerprint density at radius 2 is 1.95 bits per heavy atom. The predicted molar refractivity (Wildman–Crippen MR) is 141 cm³/mol. The van der Waals surface area contributed by atoms with Gasteiger partial charge >= 0.3 is 12.4 Å². The van der Waals surface area contributed by atoms with Gasteiger partial charge in [-0.05, 0) is 31.7 Å². The number of fused-ring (bicyclic) bond motifs is 1. The molecule has 1 fully saturated rings. The zero-order valence-electron chi connectivity index (χ0n) is 21.9. The molecule has 0 radical (unpaired) electrons. The van der Waals surface area contributed by atoms with Gasteiger partial charge in [0, 0.05) is 42.3 Å². The lowest BCUT2D eigenvalue weighted by Crippen LogP contribution is -2.46. The summed E-state index contributed by atoms with van der Waals surface area (Å²) in [5, 5.41) is 9.69. The molecule has 2 N–H and O–H groups in total. The van der Waals surface area contributed by atoms with Gasteiger partial charge in [0.15, 0.2) is 0 Å². The fourth-order valence-corrected chi connectivity index (χ4v) is 4.48. The Hall–Kier alpha value is -3.94. The molecule has 0 saturated carbocycles. The fourth-order valence-electron chi connectivity index (χ4n) is 4.48. The first-order valence-corrected chi connectivity index (χ1v) is 12.5. The molecule has 1 amide bonds. The quantitative estimate of drug-likeness (QED) is 0.344. The highest BCUT2D eigenvalue weighted by Gasteiger charge is 2.35. The molecule has 41 heavy (non-hydrogen) atoms. The number of piperidine rings is 1. The van der Waals surface area contributed by atoms with Crippen molar-refractivity contribution in [1.29, 1.82) is 0 Å². The summed E-state index contributed by atoms with van der Waals surface area (Å²) in [4.78, 5) is 18.3. The molecular formula is C27H27F7N6O. The second kappa shape index (κ2) is 11.9. The van der Waals surface area contributed by atoms with E-state index in [1.54, 1.807) is 18.2 Å². The molecule has 1 aromatic carbocycles. The summed E-state index contributed by atoms with van der Waals surface area (Å²) < 4.78 is 93.8. The Kier molecular flexibility index (Phi) is 8.71. The number of benzene rings is 1. The molecule has 1 saturated heterocycles. The molecule has 7 nitrogen and oxygen atoms in total. The van der Waals surface area contributed by atoms with Gasteiger partial charge in [-0.1, -0.05) is 24.8 Å². The molecule has 2 atom stereocenters. The van der Waals surface area contributed by atoms with Crippen LogP contribution in [-0.2, 0) is 6.54 Å². The number of aromatic nitrogens is 3. The lowest BCUT2D eigenvalue weighted by molar-refractivity contribution is -0.142. The number of carbonyl (C=O) groups excluding carboxylic acids is 1. The second-order valence-corrected chi connectivity index (χ2v) is 9.74. The largest absolute Gasteiger partial charge is 0.417 e. The molecule has 0 aliphatic carbocycles. The van der Waals surface area contributed by atoms with Gasteiger partial charge in [0.25, 0.3) is 5.91 Å². The van der Waals surface area contributed by atoms with E-state index in [4.69, 9.17) is 0 Å². The summed E-state index contributed by atoms with van der Waals surface area (Å²) in [6, 6.07) is 5.71. The first-order valence-electron chi connectivity index (χ1n) is 12.5. The van der Waals surface area contributed by atoms with Crippen molar-refractivity contribution in [2.75, 3.05) is 32.0 Å². The molecule has 14 heteroatoms. The van der Waals surface area contributed by atoms with Gasteiger partial charge in [0.2, 0.25) is 0 Å². The number of nitrogens with zero attached hydrogens (tertiary/aromatic N) is 4. The molecule has 0 unspecified atom stereocenters. The zero-order valence-corrected chi connectivity index (χ0v) is 21.9. The number of pyridine rings is 1. The average molecular weight is 585 g/mol. The first kappa shape index (κ1) is 30.0. The minimum atomic E-state index is -4.76. The summed E-state index contributed by atoms with van der Waals surface area (Å²) in [7, 11) is 1.81. The van der Waals surface area contributed by atoms with Crippen LogP contribution in [0.3, 0.4) is 0 Å². The number of likely N-dealkylation sites (tertiary alicyclic amines) is 1. The van der Waals surface area contributed by atoms with Crippen LogP contribution >= 0.6 is 0 Å². The lowest BCUT2D eigenvalue weighted by Gasteiger charge is -2.33. The summed E-state index contributed by atoms with van der Waals surface area (Å²) in [6.07, 6.45) is -5.17. The van der Waals surface area contributed by atoms with E-state index in [0.717, 1.165) is 12.4 Å². The van der Waals surface area contributed by atoms with Crippen molar-refractivity contribution >= 4 is 34.0 Å². The van der Waals surface area contributed by atoms with Crippen LogP contribution in [0, 0.1) is 0 Å². The maximum Gasteiger partial charge on any atom is 0.417 e. The van der Waals surface area contributed by atoms with Crippen molar-refractivity contribution in [3.8, 4) is 0 Å². The SMILES string of the molecule is C=C(c1nc(/C=C/CNC(=O)c2cnn(CC(F)(F)F)c2)cc2c(N[C@@H]3CCN(C)C[C@@H]3F)cccc12)C(F)(F)F. The molecule has 220 valence electrons. The molecule has 2 aromatic heterocycles. The molecule has 4 rings (SSSR count). The van der Waals surface area contributed by atoms with Gasteiger partial charge in [0.05, 0.1) is 34.8 Å². The van der Waals surface area contributed by atoms with Crippen LogP contribution in [0.1, 0.15) is 28.2 Å². The fraction of sp³-hybridized carbons (Fsp3) is 0.370. The summed E-state index contributed by atoms with van der Waals surface area (Å²) in [5.74, 6) is -0.689. The number of hydrogen-bond acceptors (Lipinski definition) is 5. The number of anilines is 1. The van der Waals surface area contributed by atoms with E-state index in [1.165, 1.54) is 18.2 Å². The number of halogens is 7. The van der Waals surface area contributed by atoms with Crippen molar-refractivity contribution in [3.05, 3.63) is 66.3 Å². The first-order chi connectivity index (χ1) is 19.2. The maximum atomic E-state index is 14.7. The summed E-state index contributed by atoms with van der Waals surface area (Å²) in [5.41, 5.74) is -1.07. The minimum Gasteiger partial charge on any atom is -0.379 e. The van der Waals surface area contributed by atoms with Crippen molar-refractivity contribution in [2.24, 2.45) is 0 Å². The average Bonchev–Trinajstić information content (AvgIpc) is 3.34. The van der Waals surface area contributed by atoms with Crippen LogP contribution in [0.2, 0.25) is 0 Å². The van der Waals surface area contributed by atoms with E-state index in [-0.39, 0.29) is 35.4 Å². The zero-order chi connectivity index (χ0) is 29.9. The molecule has 3 aromatic rings. The maximum absolute atomic E-state index is 14.7. The number of carbonyl (C=O) groups is 1. The third kappa shape index (κ3) is 7.63. The van der Waals surface area contributed by atoms with Crippen LogP contribution in [0.25, 0.3) is 22.4 Å². The van der Waals surface area contributed by atoms with Crippen LogP contribution in [0.5, 0.6) is 0 Å². The van der Waals surface area contributed by atoms with Gasteiger partial charge in [-0.25, -0.2) is 9.37 Å². The van der Waals surface area contributed by atoms with Gasteiger partial charge in [-0.2, -0.15) is 31.4 Å². The minimum absolute atomic E-state index is 0.0916. The van der Waals surface area contributed by atoms with Gasteiger partial charge in [0.1, 0.15) is 12.7 Å². The molecule has 1 aliphatic heterocycles. The number of amides is 1. The van der Waals surface area contributed by atoms with Gasteiger partial charge in [-0.3, -0.25) is 9.48 Å². The number of nitrogens with one attached hydrogen (secondary N) is 2. The lowest BCUT2D eigenvalue weighted by atomic mass is 9.99. The number of rotatable bonds is 8. The summed E-state index contributed by atoms with van der Waals surface area (Å²) in [6.45, 7) is 2.63. The third-order valence-electron chi connectivity index (χ3n) is 6.51.